The fourth-order valence-electron chi connectivity index (χ4n) is 5.11. The number of aryl methyl sites for hydroxylation is 1. The molecule has 8 nitrogen and oxygen atoms in total. The van der Waals surface area contributed by atoms with Crippen LogP contribution in [0.2, 0.25) is 0 Å². The maximum Gasteiger partial charge on any atom is 0.315 e. The summed E-state index contributed by atoms with van der Waals surface area (Å²) < 4.78 is 31.2. The van der Waals surface area contributed by atoms with Crippen LogP contribution in [0.15, 0.2) is 48.5 Å². The summed E-state index contributed by atoms with van der Waals surface area (Å²) in [5, 5.41) is 10.1. The van der Waals surface area contributed by atoms with Crippen molar-refractivity contribution in [2.24, 2.45) is 0 Å². The van der Waals surface area contributed by atoms with Gasteiger partial charge in [-0.2, -0.15) is 8.42 Å². The standard InChI is InChI=1S/C26H32N2O6S/c1-19(2)27-14-16-28(17-15-27)24(29)21-9-11-22(12-10-21)34-35(32,33)18-26(25(30)31)13-5-7-20-6-3-4-8-23(20)26/h3-4,6,8-12,19H,5,7,13-18H2,1-2H3,(H,30,31). The van der Waals surface area contributed by atoms with Crippen LogP contribution in [0.3, 0.4) is 0 Å². The summed E-state index contributed by atoms with van der Waals surface area (Å²) >= 11 is 0. The highest BCUT2D eigenvalue weighted by Crippen LogP contribution is 2.39. The van der Waals surface area contributed by atoms with Crippen LogP contribution in [0.1, 0.15) is 48.2 Å². The van der Waals surface area contributed by atoms with Crippen molar-refractivity contribution >= 4 is 22.0 Å². The summed E-state index contributed by atoms with van der Waals surface area (Å²) in [5.41, 5.74) is 0.288. The summed E-state index contributed by atoms with van der Waals surface area (Å²) in [5.74, 6) is -1.88. The second-order valence-corrected chi connectivity index (χ2v) is 11.2. The number of aliphatic carboxylic acids is 1. The zero-order valence-corrected chi connectivity index (χ0v) is 21.0. The third-order valence-corrected chi connectivity index (χ3v) is 8.36. The smallest absolute Gasteiger partial charge is 0.315 e. The summed E-state index contributed by atoms with van der Waals surface area (Å²) in [6.45, 7) is 7.19. The van der Waals surface area contributed by atoms with Crippen LogP contribution in [0.4, 0.5) is 0 Å². The summed E-state index contributed by atoms with van der Waals surface area (Å²) in [6, 6.07) is 13.5. The molecule has 2 aromatic carbocycles. The lowest BCUT2D eigenvalue weighted by molar-refractivity contribution is -0.143. The minimum atomic E-state index is -4.23. The third kappa shape index (κ3) is 5.36. The van der Waals surface area contributed by atoms with Crippen molar-refractivity contribution < 1.29 is 27.3 Å². The van der Waals surface area contributed by atoms with Crippen LogP contribution in [0.5, 0.6) is 5.75 Å². The van der Waals surface area contributed by atoms with Crippen molar-refractivity contribution in [3.05, 3.63) is 65.2 Å². The molecule has 0 bridgehead atoms. The monoisotopic (exact) mass is 500 g/mol. The van der Waals surface area contributed by atoms with Gasteiger partial charge in [0.05, 0.1) is 0 Å². The van der Waals surface area contributed by atoms with Crippen LogP contribution in [0, 0.1) is 0 Å². The van der Waals surface area contributed by atoms with E-state index in [1.807, 2.05) is 12.1 Å². The molecule has 1 aliphatic heterocycles. The second-order valence-electron chi connectivity index (χ2n) is 9.63. The Morgan fingerprint density at radius 3 is 2.31 bits per heavy atom. The molecule has 1 atom stereocenters. The number of benzene rings is 2. The first kappa shape index (κ1) is 25.2. The van der Waals surface area contributed by atoms with E-state index in [9.17, 15) is 23.1 Å². The number of rotatable bonds is 7. The topological polar surface area (TPSA) is 104 Å². The van der Waals surface area contributed by atoms with E-state index >= 15 is 0 Å². The first-order valence-electron chi connectivity index (χ1n) is 12.0. The van der Waals surface area contributed by atoms with Gasteiger partial charge in [-0.3, -0.25) is 14.5 Å². The Labute approximate surface area is 206 Å². The van der Waals surface area contributed by atoms with Gasteiger partial charge in [-0.05, 0) is 68.5 Å². The molecule has 2 aromatic rings. The molecule has 0 spiro atoms. The van der Waals surface area contributed by atoms with Crippen LogP contribution in [-0.2, 0) is 26.7 Å². The molecule has 1 N–H and O–H groups in total. The van der Waals surface area contributed by atoms with Gasteiger partial charge in [0.15, 0.2) is 0 Å². The van der Waals surface area contributed by atoms with Gasteiger partial charge < -0.3 is 14.2 Å². The second kappa shape index (κ2) is 9.99. The molecule has 1 fully saturated rings. The molecule has 188 valence electrons. The molecular weight excluding hydrogens is 468 g/mol. The lowest BCUT2D eigenvalue weighted by Crippen LogP contribution is -2.50. The van der Waals surface area contributed by atoms with E-state index in [1.54, 1.807) is 29.2 Å². The molecular formula is C26H32N2O6S. The molecule has 0 saturated carbocycles. The predicted molar refractivity (Wildman–Crippen MR) is 132 cm³/mol. The number of fused-ring (bicyclic) bond motifs is 1. The molecule has 4 rings (SSSR count). The lowest BCUT2D eigenvalue weighted by Gasteiger charge is -2.37. The fourth-order valence-corrected chi connectivity index (χ4v) is 6.60. The number of piperazine rings is 1. The molecule has 2 aliphatic rings. The quantitative estimate of drug-likeness (QED) is 0.583. The molecule has 9 heteroatoms. The van der Waals surface area contributed by atoms with E-state index in [4.69, 9.17) is 4.18 Å². The van der Waals surface area contributed by atoms with Crippen molar-refractivity contribution in [2.75, 3.05) is 31.9 Å². The number of carboxylic acids is 1. The highest BCUT2D eigenvalue weighted by atomic mass is 32.2. The largest absolute Gasteiger partial charge is 0.481 e. The Morgan fingerprint density at radius 1 is 1.03 bits per heavy atom. The molecule has 0 radical (unpaired) electrons. The minimum Gasteiger partial charge on any atom is -0.481 e. The maximum absolute atomic E-state index is 13.0. The van der Waals surface area contributed by atoms with Crippen molar-refractivity contribution in [3.63, 3.8) is 0 Å². The van der Waals surface area contributed by atoms with Gasteiger partial charge in [-0.1, -0.05) is 24.3 Å². The number of carboxylic acid groups (broad SMARTS) is 1. The number of amides is 1. The lowest BCUT2D eigenvalue weighted by atomic mass is 9.71. The van der Waals surface area contributed by atoms with E-state index in [0.29, 0.717) is 43.1 Å². The van der Waals surface area contributed by atoms with Crippen LogP contribution in [-0.4, -0.2) is 73.2 Å². The van der Waals surface area contributed by atoms with Crippen molar-refractivity contribution in [1.82, 2.24) is 9.80 Å². The van der Waals surface area contributed by atoms with Gasteiger partial charge in [0, 0.05) is 37.8 Å². The van der Waals surface area contributed by atoms with Crippen molar-refractivity contribution in [1.29, 1.82) is 0 Å². The normalized spacial score (nSPS) is 20.9. The first-order valence-corrected chi connectivity index (χ1v) is 13.6. The van der Waals surface area contributed by atoms with E-state index in [-0.39, 0.29) is 18.1 Å². The van der Waals surface area contributed by atoms with Gasteiger partial charge >= 0.3 is 16.1 Å². The average Bonchev–Trinajstić information content (AvgIpc) is 2.83. The molecule has 35 heavy (non-hydrogen) atoms. The Bertz CT molecular complexity index is 1190. The number of nitrogens with zero attached hydrogens (tertiary/aromatic N) is 2. The molecule has 1 saturated heterocycles. The van der Waals surface area contributed by atoms with Crippen LogP contribution < -0.4 is 4.18 Å². The predicted octanol–water partition coefficient (Wildman–Crippen LogP) is 2.92. The zero-order chi connectivity index (χ0) is 25.2. The number of carbonyl (C=O) groups is 2. The van der Waals surface area contributed by atoms with Crippen LogP contribution >= 0.6 is 0 Å². The summed E-state index contributed by atoms with van der Waals surface area (Å²) in [4.78, 5) is 29.3. The highest BCUT2D eigenvalue weighted by molar-refractivity contribution is 7.87. The van der Waals surface area contributed by atoms with Crippen molar-refractivity contribution in [2.45, 2.75) is 44.6 Å². The molecule has 0 aromatic heterocycles. The number of hydrogen-bond donors (Lipinski definition) is 1. The van der Waals surface area contributed by atoms with E-state index < -0.39 is 27.3 Å². The van der Waals surface area contributed by atoms with Gasteiger partial charge in [0.1, 0.15) is 16.9 Å². The van der Waals surface area contributed by atoms with E-state index in [1.165, 1.54) is 12.1 Å². The summed E-state index contributed by atoms with van der Waals surface area (Å²) in [6.07, 6.45) is 1.52. The maximum atomic E-state index is 13.0. The minimum absolute atomic E-state index is 0.0517. The molecule has 1 unspecified atom stereocenters. The molecule has 1 amide bonds. The Kier molecular flexibility index (Phi) is 7.19. The highest BCUT2D eigenvalue weighted by Gasteiger charge is 2.47. The molecule has 1 aliphatic carbocycles. The SMILES string of the molecule is CC(C)N1CCN(C(=O)c2ccc(OS(=O)(=O)CC3(C(=O)O)CCCc4ccccc43)cc2)CC1. The first-order chi connectivity index (χ1) is 16.6. The Balaban J connectivity index is 1.46. The molecule has 1 heterocycles. The number of carbonyl (C=O) groups excluding carboxylic acids is 1. The van der Waals surface area contributed by atoms with E-state index in [0.717, 1.165) is 18.7 Å². The third-order valence-electron chi connectivity index (χ3n) is 7.07. The Hall–Kier alpha value is -2.91. The average molecular weight is 501 g/mol. The zero-order valence-electron chi connectivity index (χ0n) is 20.1. The summed E-state index contributed by atoms with van der Waals surface area (Å²) in [7, 11) is -4.23. The van der Waals surface area contributed by atoms with Gasteiger partial charge in [0.2, 0.25) is 0 Å². The van der Waals surface area contributed by atoms with Gasteiger partial charge in [0.25, 0.3) is 5.91 Å². The number of hydrogen-bond acceptors (Lipinski definition) is 6. The van der Waals surface area contributed by atoms with Gasteiger partial charge in [-0.15, -0.1) is 0 Å². The fraction of sp³-hybridized carbons (Fsp3) is 0.462. The van der Waals surface area contributed by atoms with Crippen LogP contribution in [0.25, 0.3) is 0 Å². The van der Waals surface area contributed by atoms with E-state index in [2.05, 4.69) is 18.7 Å². The van der Waals surface area contributed by atoms with Crippen molar-refractivity contribution in [3.8, 4) is 5.75 Å². The Morgan fingerprint density at radius 2 is 1.69 bits per heavy atom. The van der Waals surface area contributed by atoms with Gasteiger partial charge in [-0.25, -0.2) is 0 Å².